The van der Waals surface area contributed by atoms with Crippen LogP contribution in [0, 0.1) is 0 Å². The molecular weight excluding hydrogens is 174 g/mol. The predicted molar refractivity (Wildman–Crippen MR) is 52.5 cm³/mol. The molecule has 0 saturated carbocycles. The molecule has 0 aliphatic carbocycles. The number of rotatable bonds is 6. The van der Waals surface area contributed by atoms with Gasteiger partial charge in [0.25, 0.3) is 0 Å². The Hall–Kier alpha value is -0.220. The minimum Gasteiger partial charge on any atom is -0.375 e. The minimum atomic E-state index is -0.0293. The van der Waals surface area contributed by atoms with Crippen LogP contribution in [0.3, 0.4) is 0 Å². The Kier molecular flexibility index (Phi) is 7.29. The number of methoxy groups -OCH3 is 1. The normalized spacial score (nSPS) is 12.6. The standard InChI is InChI=1S/C8H17NO2S/c1-4-7(6-12-3)9-8(10)5-11-2/h7H,4-6H2,1-3H3,(H,9,10). The molecule has 0 aliphatic heterocycles. The molecule has 3 nitrogen and oxygen atoms in total. The van der Waals surface area contributed by atoms with E-state index in [0.717, 1.165) is 12.2 Å². The van der Waals surface area contributed by atoms with Crippen molar-refractivity contribution in [3.63, 3.8) is 0 Å². The SMILES string of the molecule is CCC(CSC)NC(=O)COC. The van der Waals surface area contributed by atoms with Crippen molar-refractivity contribution in [1.82, 2.24) is 5.32 Å². The zero-order valence-corrected chi connectivity index (χ0v) is 8.74. The average Bonchev–Trinajstić information content (AvgIpc) is 2.04. The Morgan fingerprint density at radius 3 is 2.75 bits per heavy atom. The van der Waals surface area contributed by atoms with Crippen LogP contribution in [0.1, 0.15) is 13.3 Å². The number of nitrogens with one attached hydrogen (secondary N) is 1. The van der Waals surface area contributed by atoms with Crippen LogP contribution in [0.25, 0.3) is 0 Å². The molecule has 1 unspecified atom stereocenters. The molecule has 0 radical (unpaired) electrons. The highest BCUT2D eigenvalue weighted by molar-refractivity contribution is 7.98. The summed E-state index contributed by atoms with van der Waals surface area (Å²) in [6, 6.07) is 0.280. The molecule has 1 N–H and O–H groups in total. The van der Waals surface area contributed by atoms with Crippen molar-refractivity contribution in [1.29, 1.82) is 0 Å². The van der Waals surface area contributed by atoms with Gasteiger partial charge in [-0.25, -0.2) is 0 Å². The first-order valence-corrected chi connectivity index (χ1v) is 5.41. The summed E-state index contributed by atoms with van der Waals surface area (Å²) >= 11 is 1.74. The van der Waals surface area contributed by atoms with E-state index in [9.17, 15) is 4.79 Å². The molecule has 1 atom stereocenters. The maximum atomic E-state index is 11.0. The molecule has 0 saturated heterocycles. The van der Waals surface area contributed by atoms with Crippen LogP contribution in [0.4, 0.5) is 0 Å². The summed E-state index contributed by atoms with van der Waals surface area (Å²) < 4.78 is 4.71. The van der Waals surface area contributed by atoms with E-state index in [2.05, 4.69) is 12.2 Å². The number of carbonyl (C=O) groups is 1. The fraction of sp³-hybridized carbons (Fsp3) is 0.875. The average molecular weight is 191 g/mol. The predicted octanol–water partition coefficient (Wildman–Crippen LogP) is 0.891. The molecule has 0 aromatic heterocycles. The fourth-order valence-corrected chi connectivity index (χ4v) is 1.58. The largest absolute Gasteiger partial charge is 0.375 e. The highest BCUT2D eigenvalue weighted by Crippen LogP contribution is 2.00. The summed E-state index contributed by atoms with van der Waals surface area (Å²) in [7, 11) is 1.52. The number of amides is 1. The molecule has 0 aliphatic rings. The molecule has 0 fully saturated rings. The van der Waals surface area contributed by atoms with Gasteiger partial charge in [0.2, 0.25) is 5.91 Å². The van der Waals surface area contributed by atoms with E-state index in [-0.39, 0.29) is 18.6 Å². The monoisotopic (exact) mass is 191 g/mol. The van der Waals surface area contributed by atoms with Gasteiger partial charge in [0.15, 0.2) is 0 Å². The van der Waals surface area contributed by atoms with Crippen molar-refractivity contribution in [3.05, 3.63) is 0 Å². The van der Waals surface area contributed by atoms with Crippen LogP contribution in [0.2, 0.25) is 0 Å². The van der Waals surface area contributed by atoms with Crippen LogP contribution < -0.4 is 5.32 Å². The second-order valence-electron chi connectivity index (χ2n) is 2.56. The summed E-state index contributed by atoms with van der Waals surface area (Å²) in [5, 5.41) is 2.88. The number of carbonyl (C=O) groups excluding carboxylic acids is 1. The lowest BCUT2D eigenvalue weighted by Crippen LogP contribution is -2.38. The van der Waals surface area contributed by atoms with Gasteiger partial charge >= 0.3 is 0 Å². The van der Waals surface area contributed by atoms with E-state index in [1.807, 2.05) is 6.26 Å². The molecule has 4 heteroatoms. The van der Waals surface area contributed by atoms with Gasteiger partial charge in [-0.2, -0.15) is 11.8 Å². The van der Waals surface area contributed by atoms with Gasteiger partial charge < -0.3 is 10.1 Å². The smallest absolute Gasteiger partial charge is 0.246 e. The zero-order chi connectivity index (χ0) is 9.40. The summed E-state index contributed by atoms with van der Waals surface area (Å²) in [6.45, 7) is 2.22. The maximum Gasteiger partial charge on any atom is 0.246 e. The molecule has 1 amide bonds. The summed E-state index contributed by atoms with van der Waals surface area (Å²) in [5.74, 6) is 0.935. The van der Waals surface area contributed by atoms with Crippen LogP contribution in [-0.2, 0) is 9.53 Å². The first kappa shape index (κ1) is 11.8. The van der Waals surface area contributed by atoms with Crippen LogP contribution in [0.15, 0.2) is 0 Å². The Morgan fingerprint density at radius 1 is 1.67 bits per heavy atom. The van der Waals surface area contributed by atoms with Crippen molar-refractivity contribution in [2.75, 3.05) is 25.7 Å². The molecule has 0 rings (SSSR count). The van der Waals surface area contributed by atoms with E-state index in [1.165, 1.54) is 7.11 Å². The lowest BCUT2D eigenvalue weighted by atomic mass is 10.2. The molecular formula is C8H17NO2S. The molecule has 0 aromatic rings. The molecule has 72 valence electrons. The van der Waals surface area contributed by atoms with E-state index in [1.54, 1.807) is 11.8 Å². The number of hydrogen-bond acceptors (Lipinski definition) is 3. The molecule has 12 heavy (non-hydrogen) atoms. The van der Waals surface area contributed by atoms with Crippen LogP contribution >= 0.6 is 11.8 Å². The third kappa shape index (κ3) is 5.43. The molecule has 0 bridgehead atoms. The van der Waals surface area contributed by atoms with E-state index < -0.39 is 0 Å². The highest BCUT2D eigenvalue weighted by atomic mass is 32.2. The quantitative estimate of drug-likeness (QED) is 0.677. The fourth-order valence-electron chi connectivity index (χ4n) is 0.863. The Bertz CT molecular complexity index is 130. The van der Waals surface area contributed by atoms with Gasteiger partial charge in [0.1, 0.15) is 6.61 Å². The molecule has 0 spiro atoms. The highest BCUT2D eigenvalue weighted by Gasteiger charge is 2.08. The third-order valence-corrected chi connectivity index (χ3v) is 2.24. The van der Waals surface area contributed by atoms with Gasteiger partial charge in [0, 0.05) is 18.9 Å². The van der Waals surface area contributed by atoms with E-state index >= 15 is 0 Å². The summed E-state index contributed by atoms with van der Waals surface area (Å²) in [4.78, 5) is 11.0. The Labute approximate surface area is 78.2 Å². The van der Waals surface area contributed by atoms with Crippen LogP contribution in [0.5, 0.6) is 0 Å². The van der Waals surface area contributed by atoms with Crippen molar-refractivity contribution in [2.24, 2.45) is 0 Å². The van der Waals surface area contributed by atoms with Gasteiger partial charge in [-0.1, -0.05) is 6.92 Å². The van der Waals surface area contributed by atoms with E-state index in [0.29, 0.717) is 0 Å². The second-order valence-corrected chi connectivity index (χ2v) is 3.47. The lowest BCUT2D eigenvalue weighted by molar-refractivity contribution is -0.125. The number of ether oxygens (including phenoxy) is 1. The lowest BCUT2D eigenvalue weighted by Gasteiger charge is -2.14. The second kappa shape index (κ2) is 7.43. The number of thioether (sulfide) groups is 1. The molecule has 0 aromatic carbocycles. The summed E-state index contributed by atoms with van der Waals surface area (Å²) in [6.07, 6.45) is 3.00. The maximum absolute atomic E-state index is 11.0. The topological polar surface area (TPSA) is 38.3 Å². The van der Waals surface area contributed by atoms with Crippen molar-refractivity contribution in [3.8, 4) is 0 Å². The van der Waals surface area contributed by atoms with Gasteiger partial charge in [-0.3, -0.25) is 4.79 Å². The Morgan fingerprint density at radius 2 is 2.33 bits per heavy atom. The molecule has 0 heterocycles. The van der Waals surface area contributed by atoms with Crippen LogP contribution in [-0.4, -0.2) is 37.7 Å². The van der Waals surface area contributed by atoms with Crippen molar-refractivity contribution >= 4 is 17.7 Å². The van der Waals surface area contributed by atoms with Crippen molar-refractivity contribution < 1.29 is 9.53 Å². The first-order chi connectivity index (χ1) is 5.74. The van der Waals surface area contributed by atoms with Gasteiger partial charge in [0.05, 0.1) is 0 Å². The van der Waals surface area contributed by atoms with Crippen molar-refractivity contribution in [2.45, 2.75) is 19.4 Å². The minimum absolute atomic E-state index is 0.0293. The third-order valence-electron chi connectivity index (χ3n) is 1.50. The Balaban J connectivity index is 3.61. The first-order valence-electron chi connectivity index (χ1n) is 4.01. The van der Waals surface area contributed by atoms with Gasteiger partial charge in [-0.05, 0) is 12.7 Å². The van der Waals surface area contributed by atoms with Gasteiger partial charge in [-0.15, -0.1) is 0 Å². The number of hydrogen-bond donors (Lipinski definition) is 1. The van der Waals surface area contributed by atoms with E-state index in [4.69, 9.17) is 4.74 Å². The zero-order valence-electron chi connectivity index (χ0n) is 7.92. The summed E-state index contributed by atoms with van der Waals surface area (Å²) in [5.41, 5.74) is 0.